The number of hydrogen-bond acceptors (Lipinski definition) is 3. The minimum Gasteiger partial charge on any atom is -0.294 e. The fourth-order valence-electron chi connectivity index (χ4n) is 2.12. The predicted molar refractivity (Wildman–Crippen MR) is 74.8 cm³/mol. The van der Waals surface area contributed by atoms with Crippen LogP contribution in [0, 0.1) is 0 Å². The number of ketones is 2. The van der Waals surface area contributed by atoms with Gasteiger partial charge in [-0.25, -0.2) is 4.99 Å². The molecule has 2 aromatic carbocycles. The van der Waals surface area contributed by atoms with Crippen LogP contribution >= 0.6 is 0 Å². The monoisotopic (exact) mass is 249 g/mol. The van der Waals surface area contributed by atoms with Crippen LogP contribution in [0.3, 0.4) is 0 Å². The molecule has 0 bridgehead atoms. The Morgan fingerprint density at radius 1 is 0.895 bits per heavy atom. The molecule has 0 spiro atoms. The summed E-state index contributed by atoms with van der Waals surface area (Å²) in [7, 11) is 0. The highest BCUT2D eigenvalue weighted by Gasteiger charge is 2.17. The van der Waals surface area contributed by atoms with Gasteiger partial charge in [0.25, 0.3) is 0 Å². The molecule has 92 valence electrons. The van der Waals surface area contributed by atoms with Gasteiger partial charge in [-0.05, 0) is 23.6 Å². The zero-order chi connectivity index (χ0) is 13.2. The first kappa shape index (κ1) is 11.5. The second kappa shape index (κ2) is 4.61. The molecule has 0 fully saturated rings. The summed E-state index contributed by atoms with van der Waals surface area (Å²) in [5.41, 5.74) is 1.04. The first-order chi connectivity index (χ1) is 9.24. The van der Waals surface area contributed by atoms with Gasteiger partial charge >= 0.3 is 0 Å². The molecule has 3 nitrogen and oxygen atoms in total. The number of rotatable bonds is 1. The van der Waals surface area contributed by atoms with Crippen molar-refractivity contribution in [2.75, 3.05) is 0 Å². The van der Waals surface area contributed by atoms with Crippen molar-refractivity contribution in [1.82, 2.24) is 0 Å². The maximum absolute atomic E-state index is 11.7. The standard InChI is InChI=1S/C16H11NO2/c18-12-8-9-16(19)15(10-12)17-14-7-3-5-11-4-1-2-6-13(11)14/h1-9H,10H2. The topological polar surface area (TPSA) is 46.5 Å². The highest BCUT2D eigenvalue weighted by Crippen LogP contribution is 2.26. The van der Waals surface area contributed by atoms with Crippen LogP contribution in [0.1, 0.15) is 6.42 Å². The molecule has 19 heavy (non-hydrogen) atoms. The second-order valence-corrected chi connectivity index (χ2v) is 4.40. The summed E-state index contributed by atoms with van der Waals surface area (Å²) in [6.45, 7) is 0. The molecule has 0 aromatic heterocycles. The average Bonchev–Trinajstić information content (AvgIpc) is 2.43. The Hall–Kier alpha value is -2.55. The normalized spacial score (nSPS) is 17.4. The summed E-state index contributed by atoms with van der Waals surface area (Å²) >= 11 is 0. The molecule has 0 saturated heterocycles. The lowest BCUT2D eigenvalue weighted by molar-refractivity contribution is -0.116. The van der Waals surface area contributed by atoms with E-state index in [1.54, 1.807) is 0 Å². The van der Waals surface area contributed by atoms with E-state index in [1.807, 2.05) is 42.5 Å². The van der Waals surface area contributed by atoms with Gasteiger partial charge in [-0.15, -0.1) is 0 Å². The van der Waals surface area contributed by atoms with Gasteiger partial charge < -0.3 is 0 Å². The van der Waals surface area contributed by atoms with Crippen molar-refractivity contribution in [3.8, 4) is 0 Å². The Balaban J connectivity index is 2.13. The highest BCUT2D eigenvalue weighted by molar-refractivity contribution is 6.49. The lowest BCUT2D eigenvalue weighted by Crippen LogP contribution is -2.19. The van der Waals surface area contributed by atoms with E-state index in [0.717, 1.165) is 16.5 Å². The Morgan fingerprint density at radius 3 is 2.58 bits per heavy atom. The number of nitrogens with zero attached hydrogens (tertiary/aromatic N) is 1. The Bertz CT molecular complexity index is 736. The fraction of sp³-hybridized carbons (Fsp3) is 0.0625. The van der Waals surface area contributed by atoms with Gasteiger partial charge in [0.2, 0.25) is 5.78 Å². The van der Waals surface area contributed by atoms with Gasteiger partial charge in [0.05, 0.1) is 17.8 Å². The average molecular weight is 249 g/mol. The number of hydrogen-bond donors (Lipinski definition) is 0. The summed E-state index contributed by atoms with van der Waals surface area (Å²) in [6, 6.07) is 13.6. The van der Waals surface area contributed by atoms with Crippen molar-refractivity contribution < 1.29 is 9.59 Å². The minimum atomic E-state index is -0.187. The Morgan fingerprint density at radius 2 is 1.68 bits per heavy atom. The van der Waals surface area contributed by atoms with E-state index >= 15 is 0 Å². The van der Waals surface area contributed by atoms with Crippen LogP contribution in [0.2, 0.25) is 0 Å². The third kappa shape index (κ3) is 2.22. The summed E-state index contributed by atoms with van der Waals surface area (Å²) in [5, 5.41) is 2.04. The van der Waals surface area contributed by atoms with Crippen LogP contribution < -0.4 is 0 Å². The van der Waals surface area contributed by atoms with Gasteiger partial charge in [-0.2, -0.15) is 0 Å². The molecule has 0 N–H and O–H groups in total. The molecule has 0 heterocycles. The van der Waals surface area contributed by atoms with Crippen molar-refractivity contribution in [2.45, 2.75) is 6.42 Å². The zero-order valence-electron chi connectivity index (χ0n) is 10.2. The molecule has 2 aromatic rings. The molecule has 0 amide bonds. The molecule has 0 atom stereocenters. The van der Waals surface area contributed by atoms with Crippen LogP contribution in [0.25, 0.3) is 10.8 Å². The van der Waals surface area contributed by atoms with Crippen LogP contribution in [-0.2, 0) is 9.59 Å². The van der Waals surface area contributed by atoms with E-state index in [4.69, 9.17) is 0 Å². The molecule has 3 rings (SSSR count). The number of allylic oxidation sites excluding steroid dienone is 2. The van der Waals surface area contributed by atoms with Crippen molar-refractivity contribution >= 4 is 33.7 Å². The zero-order valence-corrected chi connectivity index (χ0v) is 10.2. The van der Waals surface area contributed by atoms with Gasteiger partial charge in [-0.3, -0.25) is 9.59 Å². The van der Waals surface area contributed by atoms with Gasteiger partial charge in [-0.1, -0.05) is 36.4 Å². The first-order valence-corrected chi connectivity index (χ1v) is 6.04. The Labute approximate surface area is 110 Å². The highest BCUT2D eigenvalue weighted by atomic mass is 16.1. The van der Waals surface area contributed by atoms with Gasteiger partial charge in [0, 0.05) is 5.39 Å². The molecule has 3 heteroatoms. The summed E-state index contributed by atoms with van der Waals surface area (Å²) in [4.78, 5) is 27.4. The molecule has 0 aliphatic heterocycles. The van der Waals surface area contributed by atoms with E-state index in [2.05, 4.69) is 4.99 Å². The number of aliphatic imine (C=N–C) groups is 1. The van der Waals surface area contributed by atoms with Crippen molar-refractivity contribution in [3.63, 3.8) is 0 Å². The third-order valence-electron chi connectivity index (χ3n) is 3.07. The maximum atomic E-state index is 11.7. The summed E-state index contributed by atoms with van der Waals surface area (Å²) < 4.78 is 0. The Kier molecular flexibility index (Phi) is 2.80. The van der Waals surface area contributed by atoms with E-state index in [0.29, 0.717) is 5.71 Å². The maximum Gasteiger partial charge on any atom is 0.200 e. The minimum absolute atomic E-state index is 0.0819. The molecule has 0 radical (unpaired) electrons. The lowest BCUT2D eigenvalue weighted by Gasteiger charge is -2.07. The molecular formula is C16H11NO2. The smallest absolute Gasteiger partial charge is 0.200 e. The quantitative estimate of drug-likeness (QED) is 0.779. The van der Waals surface area contributed by atoms with Gasteiger partial charge in [0.15, 0.2) is 5.78 Å². The van der Waals surface area contributed by atoms with Crippen LogP contribution in [0.15, 0.2) is 59.6 Å². The van der Waals surface area contributed by atoms with Crippen molar-refractivity contribution in [2.24, 2.45) is 4.99 Å². The van der Waals surface area contributed by atoms with Crippen LogP contribution in [0.5, 0.6) is 0 Å². The fourth-order valence-corrected chi connectivity index (χ4v) is 2.12. The molecule has 1 aliphatic carbocycles. The van der Waals surface area contributed by atoms with Crippen LogP contribution in [-0.4, -0.2) is 17.3 Å². The number of carbonyl (C=O) groups excluding carboxylic acids is 2. The van der Waals surface area contributed by atoms with Crippen molar-refractivity contribution in [3.05, 3.63) is 54.6 Å². The predicted octanol–water partition coefficient (Wildman–Crippen LogP) is 3.01. The number of carbonyl (C=O) groups is 2. The largest absolute Gasteiger partial charge is 0.294 e. The molecule has 1 aliphatic rings. The third-order valence-corrected chi connectivity index (χ3v) is 3.07. The van der Waals surface area contributed by atoms with Crippen LogP contribution in [0.4, 0.5) is 5.69 Å². The number of fused-ring (bicyclic) bond motifs is 1. The van der Waals surface area contributed by atoms with E-state index < -0.39 is 0 Å². The van der Waals surface area contributed by atoms with Crippen molar-refractivity contribution in [1.29, 1.82) is 0 Å². The summed E-state index contributed by atoms with van der Waals surface area (Å²) in [6.07, 6.45) is 2.68. The van der Waals surface area contributed by atoms with E-state index in [1.165, 1.54) is 12.2 Å². The van der Waals surface area contributed by atoms with E-state index in [9.17, 15) is 9.59 Å². The molecule has 0 unspecified atom stereocenters. The number of benzene rings is 2. The first-order valence-electron chi connectivity index (χ1n) is 6.04. The van der Waals surface area contributed by atoms with E-state index in [-0.39, 0.29) is 18.0 Å². The van der Waals surface area contributed by atoms with Gasteiger partial charge in [0.1, 0.15) is 0 Å². The molecule has 0 saturated carbocycles. The second-order valence-electron chi connectivity index (χ2n) is 4.40. The SMILES string of the molecule is O=C1C=CC(=O)C(=Nc2cccc3ccccc23)C1. The lowest BCUT2D eigenvalue weighted by atomic mass is 10.0. The molecular weight excluding hydrogens is 238 g/mol. The summed E-state index contributed by atoms with van der Waals surface area (Å²) in [5.74, 6) is -0.272.